The third-order valence-electron chi connectivity index (χ3n) is 4.98. The van der Waals surface area contributed by atoms with Crippen LogP contribution in [-0.2, 0) is 4.79 Å². The zero-order valence-electron chi connectivity index (χ0n) is 13.3. The van der Waals surface area contributed by atoms with Gasteiger partial charge in [-0.2, -0.15) is 0 Å². The molecule has 0 saturated carbocycles. The Labute approximate surface area is 126 Å². The van der Waals surface area contributed by atoms with Crippen molar-refractivity contribution in [1.29, 1.82) is 0 Å². The van der Waals surface area contributed by atoms with E-state index in [0.717, 1.165) is 26.1 Å². The van der Waals surface area contributed by atoms with Crippen molar-refractivity contribution in [1.82, 2.24) is 14.7 Å². The number of hydrogen-bond acceptors (Lipinski definition) is 3. The predicted molar refractivity (Wildman–Crippen MR) is 80.2 cm³/mol. The number of nitrogens with zero attached hydrogens (tertiary/aromatic N) is 3. The van der Waals surface area contributed by atoms with Crippen LogP contribution >= 0.6 is 0 Å². The third kappa shape index (κ3) is 3.31. The molecule has 120 valence electrons. The van der Waals surface area contributed by atoms with Crippen LogP contribution in [0.15, 0.2) is 0 Å². The van der Waals surface area contributed by atoms with Crippen LogP contribution in [0.4, 0.5) is 4.79 Å². The zero-order chi connectivity index (χ0) is 15.6. The molecule has 2 rings (SSSR count). The summed E-state index contributed by atoms with van der Waals surface area (Å²) in [6, 6.07) is 0.403. The zero-order valence-corrected chi connectivity index (χ0v) is 13.3. The third-order valence-corrected chi connectivity index (χ3v) is 4.98. The van der Waals surface area contributed by atoms with Gasteiger partial charge in [-0.15, -0.1) is 0 Å². The van der Waals surface area contributed by atoms with Crippen molar-refractivity contribution < 1.29 is 14.7 Å². The molecule has 2 fully saturated rings. The molecule has 2 unspecified atom stereocenters. The van der Waals surface area contributed by atoms with Gasteiger partial charge in [-0.25, -0.2) is 4.79 Å². The highest BCUT2D eigenvalue weighted by atomic mass is 16.4. The Hall–Kier alpha value is -1.30. The first-order chi connectivity index (χ1) is 9.87. The first-order valence-corrected chi connectivity index (χ1v) is 7.85. The number of urea groups is 1. The predicted octanol–water partition coefficient (Wildman–Crippen LogP) is 1.32. The number of rotatable bonds is 4. The fourth-order valence-electron chi connectivity index (χ4n) is 3.45. The molecule has 2 heterocycles. The average Bonchev–Trinajstić information content (AvgIpc) is 3.05. The Morgan fingerprint density at radius 3 is 2.67 bits per heavy atom. The Kier molecular flexibility index (Phi) is 4.76. The highest BCUT2D eigenvalue weighted by Crippen LogP contribution is 2.30. The van der Waals surface area contributed by atoms with E-state index >= 15 is 0 Å². The summed E-state index contributed by atoms with van der Waals surface area (Å²) in [6.07, 6.45) is 2.87. The molecular formula is C15H27N3O3. The molecule has 0 aromatic carbocycles. The fraction of sp³-hybridized carbons (Fsp3) is 0.867. The lowest BCUT2D eigenvalue weighted by molar-refractivity contribution is -0.147. The normalized spacial score (nSPS) is 29.9. The minimum atomic E-state index is -0.812. The van der Waals surface area contributed by atoms with Crippen molar-refractivity contribution in [3.8, 4) is 0 Å². The summed E-state index contributed by atoms with van der Waals surface area (Å²) in [4.78, 5) is 29.6. The van der Waals surface area contributed by atoms with Gasteiger partial charge >= 0.3 is 12.0 Å². The molecule has 6 nitrogen and oxygen atoms in total. The largest absolute Gasteiger partial charge is 0.481 e. The summed E-state index contributed by atoms with van der Waals surface area (Å²) in [7, 11) is 1.82. The maximum Gasteiger partial charge on any atom is 0.319 e. The number of carbonyl (C=O) groups excluding carboxylic acids is 1. The van der Waals surface area contributed by atoms with Gasteiger partial charge in [-0.05, 0) is 39.3 Å². The Bertz CT molecular complexity index is 415. The van der Waals surface area contributed by atoms with Gasteiger partial charge in [0.2, 0.25) is 0 Å². The minimum Gasteiger partial charge on any atom is -0.481 e. The first-order valence-electron chi connectivity index (χ1n) is 7.85. The van der Waals surface area contributed by atoms with Crippen molar-refractivity contribution in [3.63, 3.8) is 0 Å². The summed E-state index contributed by atoms with van der Waals surface area (Å²) in [5, 5.41) is 9.25. The maximum atomic E-state index is 12.5. The van der Waals surface area contributed by atoms with Crippen molar-refractivity contribution in [2.75, 3.05) is 39.8 Å². The quantitative estimate of drug-likeness (QED) is 0.850. The van der Waals surface area contributed by atoms with Crippen molar-refractivity contribution >= 4 is 12.0 Å². The molecule has 0 aromatic rings. The van der Waals surface area contributed by atoms with Gasteiger partial charge in [0.05, 0.1) is 5.41 Å². The SMILES string of the molecule is CCN1CCCC1CN(C)C(=O)N1CCC(C)(C(=O)O)C1. The van der Waals surface area contributed by atoms with E-state index in [1.54, 1.807) is 16.7 Å². The van der Waals surface area contributed by atoms with Gasteiger partial charge in [0.25, 0.3) is 0 Å². The van der Waals surface area contributed by atoms with Gasteiger partial charge in [-0.3, -0.25) is 9.69 Å². The summed E-state index contributed by atoms with van der Waals surface area (Å²) < 4.78 is 0. The summed E-state index contributed by atoms with van der Waals surface area (Å²) in [5.74, 6) is -0.812. The van der Waals surface area contributed by atoms with E-state index in [1.807, 2.05) is 7.05 Å². The van der Waals surface area contributed by atoms with E-state index in [1.165, 1.54) is 6.42 Å². The van der Waals surface area contributed by atoms with Crippen LogP contribution in [0.25, 0.3) is 0 Å². The van der Waals surface area contributed by atoms with E-state index in [4.69, 9.17) is 0 Å². The Balaban J connectivity index is 1.90. The van der Waals surface area contributed by atoms with Gasteiger partial charge in [0, 0.05) is 32.7 Å². The molecule has 2 aliphatic heterocycles. The number of carbonyl (C=O) groups is 2. The van der Waals surface area contributed by atoms with Crippen LogP contribution in [0, 0.1) is 5.41 Å². The topological polar surface area (TPSA) is 64.1 Å². The average molecular weight is 297 g/mol. The molecule has 0 aliphatic carbocycles. The van der Waals surface area contributed by atoms with Gasteiger partial charge in [0.15, 0.2) is 0 Å². The molecule has 0 radical (unpaired) electrons. The second-order valence-electron chi connectivity index (χ2n) is 6.63. The molecule has 2 amide bonds. The van der Waals surface area contributed by atoms with E-state index in [2.05, 4.69) is 11.8 Å². The Morgan fingerprint density at radius 2 is 2.10 bits per heavy atom. The second-order valence-corrected chi connectivity index (χ2v) is 6.63. The molecule has 1 N–H and O–H groups in total. The molecule has 2 atom stereocenters. The van der Waals surface area contributed by atoms with Crippen LogP contribution in [0.5, 0.6) is 0 Å². The lowest BCUT2D eigenvalue weighted by atomic mass is 9.90. The van der Waals surface area contributed by atoms with E-state index < -0.39 is 11.4 Å². The second kappa shape index (κ2) is 6.22. The van der Waals surface area contributed by atoms with Crippen molar-refractivity contribution in [2.24, 2.45) is 5.41 Å². The lowest BCUT2D eigenvalue weighted by Crippen LogP contribution is -2.46. The van der Waals surface area contributed by atoms with E-state index in [0.29, 0.717) is 25.6 Å². The monoisotopic (exact) mass is 297 g/mol. The minimum absolute atomic E-state index is 0.0390. The van der Waals surface area contributed by atoms with Crippen LogP contribution < -0.4 is 0 Å². The molecule has 0 spiro atoms. The maximum absolute atomic E-state index is 12.5. The molecule has 6 heteroatoms. The van der Waals surface area contributed by atoms with Gasteiger partial charge in [0.1, 0.15) is 0 Å². The lowest BCUT2D eigenvalue weighted by Gasteiger charge is -2.31. The highest BCUT2D eigenvalue weighted by molar-refractivity contribution is 5.79. The molecule has 0 bridgehead atoms. The van der Waals surface area contributed by atoms with Crippen LogP contribution in [0.1, 0.15) is 33.1 Å². The fourth-order valence-corrected chi connectivity index (χ4v) is 3.45. The van der Waals surface area contributed by atoms with Crippen LogP contribution in [0.2, 0.25) is 0 Å². The summed E-state index contributed by atoms with van der Waals surface area (Å²) in [6.45, 7) is 7.59. The standard InChI is InChI=1S/C15H27N3O3/c1-4-17-8-5-6-12(17)10-16(3)14(21)18-9-7-15(2,11-18)13(19)20/h12H,4-11H2,1-3H3,(H,19,20). The number of likely N-dealkylation sites (N-methyl/N-ethyl adjacent to an activating group) is 2. The summed E-state index contributed by atoms with van der Waals surface area (Å²) >= 11 is 0. The highest BCUT2D eigenvalue weighted by Gasteiger charge is 2.43. The van der Waals surface area contributed by atoms with Gasteiger partial charge in [-0.1, -0.05) is 6.92 Å². The van der Waals surface area contributed by atoms with Crippen LogP contribution in [-0.4, -0.2) is 77.6 Å². The number of amides is 2. The molecule has 0 aromatic heterocycles. The van der Waals surface area contributed by atoms with E-state index in [9.17, 15) is 14.7 Å². The number of carboxylic acid groups (broad SMARTS) is 1. The number of aliphatic carboxylic acids is 1. The molecule has 2 aliphatic rings. The smallest absolute Gasteiger partial charge is 0.319 e. The Morgan fingerprint density at radius 1 is 1.38 bits per heavy atom. The number of hydrogen-bond donors (Lipinski definition) is 1. The molecular weight excluding hydrogens is 270 g/mol. The molecule has 21 heavy (non-hydrogen) atoms. The molecule has 2 saturated heterocycles. The van der Waals surface area contributed by atoms with Crippen molar-refractivity contribution in [3.05, 3.63) is 0 Å². The number of likely N-dealkylation sites (tertiary alicyclic amines) is 2. The first kappa shape index (κ1) is 16.1. The van der Waals surface area contributed by atoms with E-state index in [-0.39, 0.29) is 6.03 Å². The van der Waals surface area contributed by atoms with Crippen LogP contribution in [0.3, 0.4) is 0 Å². The van der Waals surface area contributed by atoms with Crippen molar-refractivity contribution in [2.45, 2.75) is 39.2 Å². The summed E-state index contributed by atoms with van der Waals surface area (Å²) in [5.41, 5.74) is -0.792. The van der Waals surface area contributed by atoms with Gasteiger partial charge < -0.3 is 14.9 Å². The number of carboxylic acids is 1.